The summed E-state index contributed by atoms with van der Waals surface area (Å²) in [5.74, 6) is -0.566. The Hall–Kier alpha value is -3.56. The molecule has 2 amide bonds. The molecule has 0 aliphatic carbocycles. The first kappa shape index (κ1) is 32.0. The first-order valence-corrected chi connectivity index (χ1v) is 15.5. The molecule has 1 N–H and O–H groups in total. The highest BCUT2D eigenvalue weighted by Crippen LogP contribution is 2.33. The molecule has 0 unspecified atom stereocenters. The van der Waals surface area contributed by atoms with E-state index in [1.807, 2.05) is 27.7 Å². The van der Waals surface area contributed by atoms with Crippen molar-refractivity contribution in [3.8, 4) is 5.75 Å². The lowest BCUT2D eigenvalue weighted by molar-refractivity contribution is -0.140. The summed E-state index contributed by atoms with van der Waals surface area (Å²) in [4.78, 5) is 28.9. The van der Waals surface area contributed by atoms with Gasteiger partial charge in [0, 0.05) is 17.6 Å². The zero-order chi connectivity index (χ0) is 30.2. The van der Waals surface area contributed by atoms with Crippen LogP contribution in [0.15, 0.2) is 77.7 Å². The second kappa shape index (κ2) is 14.4. The van der Waals surface area contributed by atoms with Crippen molar-refractivity contribution < 1.29 is 22.7 Å². The van der Waals surface area contributed by atoms with E-state index in [-0.39, 0.29) is 29.1 Å². The summed E-state index contributed by atoms with van der Waals surface area (Å²) in [5, 5.41) is 3.32. The van der Waals surface area contributed by atoms with E-state index < -0.39 is 28.5 Å². The molecular weight excluding hydrogens is 562 g/mol. The van der Waals surface area contributed by atoms with Crippen LogP contribution in [0, 0.1) is 6.92 Å². The molecule has 3 rings (SSSR count). The average molecular weight is 600 g/mol. The predicted octanol–water partition coefficient (Wildman–Crippen LogP) is 5.57. The Bertz CT molecular complexity index is 1440. The van der Waals surface area contributed by atoms with Gasteiger partial charge in [-0.15, -0.1) is 0 Å². The van der Waals surface area contributed by atoms with E-state index in [2.05, 4.69) is 5.32 Å². The number of halogens is 1. The van der Waals surface area contributed by atoms with Gasteiger partial charge in [-0.1, -0.05) is 66.6 Å². The standard InChI is InChI=1S/C31H38ClN3O5S/c1-6-27(31(37)33-22(3)4)34(20-24-12-8-9-13-26(24)32)30(36)21-35(28-14-10-11-15-29(28)40-7-2)41(38,39)25-18-16-23(5)17-19-25/h8-19,22,27H,6-7,20-21H2,1-5H3,(H,33,37)/t27-/m1/s1. The lowest BCUT2D eigenvalue weighted by atomic mass is 10.1. The minimum Gasteiger partial charge on any atom is -0.492 e. The van der Waals surface area contributed by atoms with Crippen LogP contribution in [0.25, 0.3) is 0 Å². The molecule has 41 heavy (non-hydrogen) atoms. The Balaban J connectivity index is 2.13. The van der Waals surface area contributed by atoms with Crippen LogP contribution >= 0.6 is 11.6 Å². The van der Waals surface area contributed by atoms with Crippen LogP contribution in [0.5, 0.6) is 5.75 Å². The molecule has 0 bridgehead atoms. The third-order valence-corrected chi connectivity index (χ3v) is 8.58. The number of carbonyl (C=O) groups is 2. The van der Waals surface area contributed by atoms with Gasteiger partial charge in [0.05, 0.1) is 17.2 Å². The van der Waals surface area contributed by atoms with Crippen LogP contribution < -0.4 is 14.4 Å². The number of benzene rings is 3. The van der Waals surface area contributed by atoms with Crippen LogP contribution in [0.2, 0.25) is 5.02 Å². The number of hydrogen-bond donors (Lipinski definition) is 1. The zero-order valence-corrected chi connectivity index (χ0v) is 25.7. The lowest BCUT2D eigenvalue weighted by Crippen LogP contribution is -2.53. The number of carbonyl (C=O) groups excluding carboxylic acids is 2. The first-order chi connectivity index (χ1) is 19.5. The quantitative estimate of drug-likeness (QED) is 0.277. The summed E-state index contributed by atoms with van der Waals surface area (Å²) in [5.41, 5.74) is 1.76. The van der Waals surface area contributed by atoms with E-state index >= 15 is 0 Å². The van der Waals surface area contributed by atoms with Gasteiger partial charge in [-0.05, 0) is 70.0 Å². The Kier molecular flexibility index (Phi) is 11.2. The Morgan fingerprint density at radius 3 is 2.20 bits per heavy atom. The number of amides is 2. The van der Waals surface area contributed by atoms with Gasteiger partial charge >= 0.3 is 0 Å². The van der Waals surface area contributed by atoms with Crippen molar-refractivity contribution in [2.75, 3.05) is 17.5 Å². The van der Waals surface area contributed by atoms with Gasteiger partial charge in [-0.2, -0.15) is 0 Å². The molecule has 1 atom stereocenters. The van der Waals surface area contributed by atoms with Crippen molar-refractivity contribution in [1.29, 1.82) is 0 Å². The van der Waals surface area contributed by atoms with Gasteiger partial charge in [-0.3, -0.25) is 13.9 Å². The van der Waals surface area contributed by atoms with Gasteiger partial charge in [0.1, 0.15) is 18.3 Å². The second-order valence-corrected chi connectivity index (χ2v) is 12.2. The SMILES string of the molecule is CCOc1ccccc1N(CC(=O)N(Cc1ccccc1Cl)[C@H](CC)C(=O)NC(C)C)S(=O)(=O)c1ccc(C)cc1. The summed E-state index contributed by atoms with van der Waals surface area (Å²) in [6.45, 7) is 8.91. The van der Waals surface area contributed by atoms with Crippen LogP contribution in [0.1, 0.15) is 45.2 Å². The molecule has 0 fully saturated rings. The van der Waals surface area contributed by atoms with E-state index in [9.17, 15) is 18.0 Å². The molecule has 0 saturated carbocycles. The van der Waals surface area contributed by atoms with Gasteiger partial charge in [0.2, 0.25) is 11.8 Å². The molecule has 3 aromatic carbocycles. The summed E-state index contributed by atoms with van der Waals surface area (Å²) in [6, 6.07) is 19.2. The lowest BCUT2D eigenvalue weighted by Gasteiger charge is -2.34. The van der Waals surface area contributed by atoms with Gasteiger partial charge in [0.15, 0.2) is 0 Å². The third-order valence-electron chi connectivity index (χ3n) is 6.44. The summed E-state index contributed by atoms with van der Waals surface area (Å²) >= 11 is 6.45. The number of hydrogen-bond acceptors (Lipinski definition) is 5. The molecule has 0 saturated heterocycles. The Labute approximate surface area is 248 Å². The van der Waals surface area contributed by atoms with Crippen molar-refractivity contribution in [1.82, 2.24) is 10.2 Å². The van der Waals surface area contributed by atoms with Gasteiger partial charge in [-0.25, -0.2) is 8.42 Å². The maximum Gasteiger partial charge on any atom is 0.264 e. The Morgan fingerprint density at radius 2 is 1.59 bits per heavy atom. The van der Waals surface area contributed by atoms with Gasteiger partial charge in [0.25, 0.3) is 10.0 Å². The van der Waals surface area contributed by atoms with Crippen molar-refractivity contribution in [3.63, 3.8) is 0 Å². The maximum absolute atomic E-state index is 14.2. The maximum atomic E-state index is 14.2. The summed E-state index contributed by atoms with van der Waals surface area (Å²) in [6.07, 6.45) is 0.314. The fourth-order valence-corrected chi connectivity index (χ4v) is 6.02. The highest BCUT2D eigenvalue weighted by molar-refractivity contribution is 7.92. The van der Waals surface area contributed by atoms with E-state index in [0.29, 0.717) is 29.4 Å². The topological polar surface area (TPSA) is 96.0 Å². The third kappa shape index (κ3) is 8.01. The number of para-hydroxylation sites is 2. The Morgan fingerprint density at radius 1 is 0.951 bits per heavy atom. The molecule has 0 aliphatic rings. The highest BCUT2D eigenvalue weighted by atomic mass is 35.5. The summed E-state index contributed by atoms with van der Waals surface area (Å²) < 4.78 is 35.0. The summed E-state index contributed by atoms with van der Waals surface area (Å²) in [7, 11) is -4.21. The first-order valence-electron chi connectivity index (χ1n) is 13.6. The van der Waals surface area contributed by atoms with Crippen LogP contribution in [-0.2, 0) is 26.2 Å². The number of sulfonamides is 1. The highest BCUT2D eigenvalue weighted by Gasteiger charge is 2.35. The van der Waals surface area contributed by atoms with Crippen molar-refractivity contribution >= 4 is 39.1 Å². The van der Waals surface area contributed by atoms with E-state index in [4.69, 9.17) is 16.3 Å². The molecule has 8 nitrogen and oxygen atoms in total. The normalized spacial score (nSPS) is 12.1. The predicted molar refractivity (Wildman–Crippen MR) is 163 cm³/mol. The van der Waals surface area contributed by atoms with Crippen LogP contribution in [-0.4, -0.2) is 50.4 Å². The minimum atomic E-state index is -4.21. The van der Waals surface area contributed by atoms with E-state index in [0.717, 1.165) is 9.87 Å². The fraction of sp³-hybridized carbons (Fsp3) is 0.355. The smallest absolute Gasteiger partial charge is 0.264 e. The number of anilines is 1. The van der Waals surface area contributed by atoms with Crippen molar-refractivity contribution in [3.05, 3.63) is 88.9 Å². The van der Waals surface area contributed by atoms with Crippen LogP contribution in [0.4, 0.5) is 5.69 Å². The van der Waals surface area contributed by atoms with Crippen molar-refractivity contribution in [2.45, 2.75) is 64.6 Å². The average Bonchev–Trinajstić information content (AvgIpc) is 2.93. The molecule has 0 heterocycles. The number of nitrogens with zero attached hydrogens (tertiary/aromatic N) is 2. The molecule has 0 spiro atoms. The van der Waals surface area contributed by atoms with Crippen LogP contribution in [0.3, 0.4) is 0 Å². The molecule has 10 heteroatoms. The van der Waals surface area contributed by atoms with E-state index in [1.165, 1.54) is 17.0 Å². The monoisotopic (exact) mass is 599 g/mol. The number of rotatable bonds is 13. The molecule has 220 valence electrons. The van der Waals surface area contributed by atoms with Gasteiger partial charge < -0.3 is 15.0 Å². The molecule has 3 aromatic rings. The van der Waals surface area contributed by atoms with Crippen molar-refractivity contribution in [2.24, 2.45) is 0 Å². The van der Waals surface area contributed by atoms with E-state index in [1.54, 1.807) is 67.6 Å². The largest absolute Gasteiger partial charge is 0.492 e. The molecule has 0 aliphatic heterocycles. The second-order valence-electron chi connectivity index (χ2n) is 9.93. The number of nitrogens with one attached hydrogen (secondary N) is 1. The molecular formula is C31H38ClN3O5S. The zero-order valence-electron chi connectivity index (χ0n) is 24.1. The molecule has 0 radical (unpaired) electrons. The minimum absolute atomic E-state index is 0.0219. The number of ether oxygens (including phenoxy) is 1. The number of aryl methyl sites for hydroxylation is 1. The molecule has 0 aromatic heterocycles. The fourth-order valence-electron chi connectivity index (χ4n) is 4.40.